The number of hydrogen-bond acceptors (Lipinski definition) is 3. The molecule has 0 fully saturated rings. The Labute approximate surface area is 129 Å². The fourth-order valence-corrected chi connectivity index (χ4v) is 2.49. The molecule has 0 bridgehead atoms. The molecule has 0 radical (unpaired) electrons. The Morgan fingerprint density at radius 3 is 1.45 bits per heavy atom. The Hall–Kier alpha value is -2.75. The number of Topliss-reactive ketones (excluding diaryl/α,β-unsaturated/α-hetero) is 2. The van der Waals surface area contributed by atoms with Crippen molar-refractivity contribution in [2.45, 2.75) is 13.3 Å². The van der Waals surface area contributed by atoms with E-state index in [4.69, 9.17) is 5.73 Å². The Kier molecular flexibility index (Phi) is 4.51. The van der Waals surface area contributed by atoms with E-state index < -0.39 is 22.9 Å². The number of nitrogens with two attached hydrogens (primary N) is 1. The number of rotatable bonds is 6. The third kappa shape index (κ3) is 2.55. The van der Waals surface area contributed by atoms with Crippen LogP contribution in [-0.2, 0) is 4.79 Å². The van der Waals surface area contributed by atoms with E-state index in [0.717, 1.165) is 0 Å². The zero-order chi connectivity index (χ0) is 16.2. The summed E-state index contributed by atoms with van der Waals surface area (Å²) in [4.78, 5) is 37.7. The van der Waals surface area contributed by atoms with Gasteiger partial charge in [0.05, 0.1) is 0 Å². The second-order valence-electron chi connectivity index (χ2n) is 5.01. The zero-order valence-electron chi connectivity index (χ0n) is 12.3. The number of benzene rings is 2. The highest BCUT2D eigenvalue weighted by Crippen LogP contribution is 2.31. The van der Waals surface area contributed by atoms with Gasteiger partial charge in [-0.3, -0.25) is 14.4 Å². The molecule has 0 aliphatic rings. The van der Waals surface area contributed by atoms with Crippen molar-refractivity contribution in [2.24, 2.45) is 11.1 Å². The van der Waals surface area contributed by atoms with Crippen molar-refractivity contribution in [1.29, 1.82) is 0 Å². The zero-order valence-corrected chi connectivity index (χ0v) is 12.3. The lowest BCUT2D eigenvalue weighted by atomic mass is 9.72. The van der Waals surface area contributed by atoms with Gasteiger partial charge in [0.25, 0.3) is 0 Å². The van der Waals surface area contributed by atoms with Crippen LogP contribution in [0.3, 0.4) is 0 Å². The highest BCUT2D eigenvalue weighted by Gasteiger charge is 2.50. The van der Waals surface area contributed by atoms with E-state index in [9.17, 15) is 14.4 Å². The molecular weight excluding hydrogens is 278 g/mol. The monoisotopic (exact) mass is 295 g/mol. The standard InChI is InChI=1S/C18H17NO3/c1-2-18(17(19)22,15(20)13-9-5-3-6-10-13)16(21)14-11-7-4-8-12-14/h3-12H,2H2,1H3,(H2,19,22). The molecule has 0 atom stereocenters. The Balaban J connectivity index is 2.56. The van der Waals surface area contributed by atoms with Crippen molar-refractivity contribution in [3.63, 3.8) is 0 Å². The van der Waals surface area contributed by atoms with E-state index in [1.165, 1.54) is 0 Å². The van der Waals surface area contributed by atoms with Gasteiger partial charge in [-0.2, -0.15) is 0 Å². The summed E-state index contributed by atoms with van der Waals surface area (Å²) in [7, 11) is 0. The SMILES string of the molecule is CCC(C(N)=O)(C(=O)c1ccccc1)C(=O)c1ccccc1. The highest BCUT2D eigenvalue weighted by atomic mass is 16.2. The molecule has 2 aromatic rings. The normalized spacial score (nSPS) is 11.0. The van der Waals surface area contributed by atoms with Crippen LogP contribution in [0.5, 0.6) is 0 Å². The van der Waals surface area contributed by atoms with E-state index in [-0.39, 0.29) is 6.42 Å². The smallest absolute Gasteiger partial charge is 0.239 e. The molecule has 2 aromatic carbocycles. The summed E-state index contributed by atoms with van der Waals surface area (Å²) in [6.07, 6.45) is 0.0176. The molecule has 2 rings (SSSR count). The second-order valence-corrected chi connectivity index (χ2v) is 5.01. The topological polar surface area (TPSA) is 77.2 Å². The molecule has 0 aromatic heterocycles. The number of carbonyl (C=O) groups excluding carboxylic acids is 3. The summed E-state index contributed by atoms with van der Waals surface area (Å²) in [6, 6.07) is 16.6. The minimum atomic E-state index is -1.87. The quantitative estimate of drug-likeness (QED) is 0.657. The summed E-state index contributed by atoms with van der Waals surface area (Å²) >= 11 is 0. The van der Waals surface area contributed by atoms with Crippen LogP contribution in [0.25, 0.3) is 0 Å². The first-order valence-corrected chi connectivity index (χ1v) is 7.03. The third-order valence-electron chi connectivity index (χ3n) is 3.80. The Bertz CT molecular complexity index is 641. The largest absolute Gasteiger partial charge is 0.368 e. The van der Waals surface area contributed by atoms with Gasteiger partial charge in [0.1, 0.15) is 0 Å². The Morgan fingerprint density at radius 1 is 0.818 bits per heavy atom. The number of hydrogen-bond donors (Lipinski definition) is 1. The maximum atomic E-state index is 12.8. The Morgan fingerprint density at radius 2 is 1.18 bits per heavy atom. The predicted octanol–water partition coefficient (Wildman–Crippen LogP) is 2.63. The van der Waals surface area contributed by atoms with Crippen LogP contribution >= 0.6 is 0 Å². The molecule has 4 nitrogen and oxygen atoms in total. The van der Waals surface area contributed by atoms with Crippen molar-refractivity contribution < 1.29 is 14.4 Å². The maximum Gasteiger partial charge on any atom is 0.239 e. The number of primary amides is 1. The summed E-state index contributed by atoms with van der Waals surface area (Å²) < 4.78 is 0. The molecule has 0 unspecified atom stereocenters. The first-order valence-electron chi connectivity index (χ1n) is 7.03. The average Bonchev–Trinajstić information content (AvgIpc) is 2.57. The molecular formula is C18H17NO3. The van der Waals surface area contributed by atoms with Gasteiger partial charge in [-0.05, 0) is 6.42 Å². The van der Waals surface area contributed by atoms with E-state index in [0.29, 0.717) is 11.1 Å². The van der Waals surface area contributed by atoms with Crippen molar-refractivity contribution >= 4 is 17.5 Å². The van der Waals surface area contributed by atoms with Crippen LogP contribution in [0.2, 0.25) is 0 Å². The molecule has 4 heteroatoms. The lowest BCUT2D eigenvalue weighted by molar-refractivity contribution is -0.123. The van der Waals surface area contributed by atoms with E-state index in [1.807, 2.05) is 0 Å². The predicted molar refractivity (Wildman–Crippen MR) is 83.5 cm³/mol. The fourth-order valence-electron chi connectivity index (χ4n) is 2.49. The van der Waals surface area contributed by atoms with Crippen molar-refractivity contribution in [3.05, 3.63) is 71.8 Å². The lowest BCUT2D eigenvalue weighted by Gasteiger charge is -2.26. The first-order chi connectivity index (χ1) is 10.5. The second kappa shape index (κ2) is 6.35. The van der Waals surface area contributed by atoms with Crippen LogP contribution < -0.4 is 5.73 Å². The molecule has 0 aliphatic heterocycles. The van der Waals surface area contributed by atoms with Crippen LogP contribution in [0.4, 0.5) is 0 Å². The number of ketones is 2. The average molecular weight is 295 g/mol. The van der Waals surface area contributed by atoms with Crippen LogP contribution in [0.15, 0.2) is 60.7 Å². The van der Waals surface area contributed by atoms with E-state index >= 15 is 0 Å². The van der Waals surface area contributed by atoms with Gasteiger partial charge < -0.3 is 5.73 Å². The van der Waals surface area contributed by atoms with Crippen LogP contribution in [0, 0.1) is 5.41 Å². The van der Waals surface area contributed by atoms with Gasteiger partial charge in [-0.25, -0.2) is 0 Å². The summed E-state index contributed by atoms with van der Waals surface area (Å²) in [5.74, 6) is -2.04. The van der Waals surface area contributed by atoms with Crippen LogP contribution in [0.1, 0.15) is 34.1 Å². The van der Waals surface area contributed by atoms with Gasteiger partial charge in [0.2, 0.25) is 5.91 Å². The maximum absolute atomic E-state index is 12.8. The lowest BCUT2D eigenvalue weighted by Crippen LogP contribution is -2.49. The fraction of sp³-hybridized carbons (Fsp3) is 0.167. The molecule has 0 heterocycles. The van der Waals surface area contributed by atoms with Crippen molar-refractivity contribution in [2.75, 3.05) is 0 Å². The molecule has 2 N–H and O–H groups in total. The first kappa shape index (κ1) is 15.6. The van der Waals surface area contributed by atoms with Crippen molar-refractivity contribution in [3.8, 4) is 0 Å². The molecule has 22 heavy (non-hydrogen) atoms. The van der Waals surface area contributed by atoms with Crippen LogP contribution in [-0.4, -0.2) is 17.5 Å². The molecule has 0 spiro atoms. The molecule has 0 saturated heterocycles. The summed E-state index contributed by atoms with van der Waals surface area (Å²) in [6.45, 7) is 1.62. The van der Waals surface area contributed by atoms with Gasteiger partial charge in [0, 0.05) is 11.1 Å². The molecule has 1 amide bonds. The molecule has 0 aliphatic carbocycles. The highest BCUT2D eigenvalue weighted by molar-refractivity contribution is 6.31. The van der Waals surface area contributed by atoms with E-state index in [1.54, 1.807) is 67.6 Å². The van der Waals surface area contributed by atoms with Gasteiger partial charge >= 0.3 is 0 Å². The van der Waals surface area contributed by atoms with Crippen molar-refractivity contribution in [1.82, 2.24) is 0 Å². The van der Waals surface area contributed by atoms with E-state index in [2.05, 4.69) is 0 Å². The van der Waals surface area contributed by atoms with Gasteiger partial charge in [-0.15, -0.1) is 0 Å². The van der Waals surface area contributed by atoms with Gasteiger partial charge in [0.15, 0.2) is 17.0 Å². The third-order valence-corrected chi connectivity index (χ3v) is 3.80. The minimum Gasteiger partial charge on any atom is -0.368 e. The number of carbonyl (C=O) groups is 3. The summed E-state index contributed by atoms with van der Waals surface area (Å²) in [5, 5.41) is 0. The minimum absolute atomic E-state index is 0.0176. The number of amides is 1. The summed E-state index contributed by atoms with van der Waals surface area (Å²) in [5.41, 5.74) is 4.20. The molecule has 112 valence electrons. The molecule has 0 saturated carbocycles. The van der Waals surface area contributed by atoms with Gasteiger partial charge in [-0.1, -0.05) is 67.6 Å².